The number of nitrogens with zero attached hydrogens (tertiary/aromatic N) is 2. The molecule has 3 aromatic carbocycles. The molecule has 7 nitrogen and oxygen atoms in total. The Labute approximate surface area is 193 Å². The third kappa shape index (κ3) is 4.19. The summed E-state index contributed by atoms with van der Waals surface area (Å²) >= 11 is 0. The predicted molar refractivity (Wildman–Crippen MR) is 125 cm³/mol. The van der Waals surface area contributed by atoms with Crippen molar-refractivity contribution in [2.75, 3.05) is 16.8 Å². The number of aromatic nitrogens is 2. The van der Waals surface area contributed by atoms with Crippen LogP contribution in [-0.4, -0.2) is 35.3 Å². The molecule has 1 aliphatic heterocycles. The van der Waals surface area contributed by atoms with E-state index in [9.17, 15) is 18.4 Å². The summed E-state index contributed by atoms with van der Waals surface area (Å²) in [5, 5.41) is 11.2. The van der Waals surface area contributed by atoms with Crippen LogP contribution in [0.25, 0.3) is 22.0 Å². The van der Waals surface area contributed by atoms with Crippen molar-refractivity contribution in [1.82, 2.24) is 10.2 Å². The van der Waals surface area contributed by atoms with Crippen molar-refractivity contribution in [3.8, 4) is 17.0 Å². The van der Waals surface area contributed by atoms with Gasteiger partial charge >= 0.3 is 6.61 Å². The molecule has 0 saturated carbocycles. The fraction of sp³-hybridized carbons (Fsp3) is 0.160. The molecule has 0 spiro atoms. The lowest BCUT2D eigenvalue weighted by Crippen LogP contribution is -2.33. The average molecular weight is 462 g/mol. The van der Waals surface area contributed by atoms with E-state index in [0.717, 1.165) is 16.6 Å². The molecule has 2 heterocycles. The van der Waals surface area contributed by atoms with Crippen LogP contribution in [0.5, 0.6) is 5.75 Å². The van der Waals surface area contributed by atoms with E-state index < -0.39 is 12.7 Å². The van der Waals surface area contributed by atoms with E-state index in [1.165, 1.54) is 12.1 Å². The number of halogens is 2. The highest BCUT2D eigenvalue weighted by atomic mass is 19.3. The van der Waals surface area contributed by atoms with E-state index in [1.807, 2.05) is 36.4 Å². The summed E-state index contributed by atoms with van der Waals surface area (Å²) in [4.78, 5) is 26.7. The minimum absolute atomic E-state index is 0.0290. The van der Waals surface area contributed by atoms with E-state index >= 15 is 0 Å². The van der Waals surface area contributed by atoms with Crippen molar-refractivity contribution >= 4 is 28.1 Å². The van der Waals surface area contributed by atoms with Gasteiger partial charge in [-0.1, -0.05) is 36.4 Å². The van der Waals surface area contributed by atoms with Gasteiger partial charge in [0.1, 0.15) is 11.8 Å². The summed E-state index contributed by atoms with van der Waals surface area (Å²) in [5.74, 6) is -0.0816. The zero-order valence-electron chi connectivity index (χ0n) is 17.9. The Hall–Kier alpha value is -4.27. The number of nitrogens with one attached hydrogen (secondary N) is 2. The second-order valence-corrected chi connectivity index (χ2v) is 7.88. The monoisotopic (exact) mass is 462 g/mol. The minimum atomic E-state index is -2.91. The first-order chi connectivity index (χ1) is 16.5. The molecule has 1 aromatic heterocycles. The predicted octanol–water partition coefficient (Wildman–Crippen LogP) is 4.41. The maximum Gasteiger partial charge on any atom is 0.387 e. The third-order valence-electron chi connectivity index (χ3n) is 5.75. The Morgan fingerprint density at radius 1 is 1.00 bits per heavy atom. The summed E-state index contributed by atoms with van der Waals surface area (Å²) in [5.41, 5.74) is 2.49. The van der Waals surface area contributed by atoms with Gasteiger partial charge in [-0.25, -0.2) is 5.10 Å². The van der Waals surface area contributed by atoms with Crippen LogP contribution < -0.4 is 20.5 Å². The SMILES string of the molecule is O=C1C(Nc2cccc(OC(F)F)c2)CCN1c1ccc(-c2n[nH]c(=O)c3ccccc23)cc1. The average Bonchev–Trinajstić information content (AvgIpc) is 3.19. The van der Waals surface area contributed by atoms with Crippen LogP contribution in [0.4, 0.5) is 20.2 Å². The van der Waals surface area contributed by atoms with Crippen LogP contribution in [0, 0.1) is 0 Å². The minimum Gasteiger partial charge on any atom is -0.435 e. The first-order valence-electron chi connectivity index (χ1n) is 10.7. The number of alkyl halides is 2. The molecule has 1 aliphatic rings. The topological polar surface area (TPSA) is 87.3 Å². The molecular formula is C25H20F2N4O3. The van der Waals surface area contributed by atoms with Crippen LogP contribution in [0.3, 0.4) is 0 Å². The first kappa shape index (κ1) is 21.6. The summed E-state index contributed by atoms with van der Waals surface area (Å²) in [7, 11) is 0. The highest BCUT2D eigenvalue weighted by Crippen LogP contribution is 2.29. The number of rotatable bonds is 6. The highest BCUT2D eigenvalue weighted by molar-refractivity contribution is 6.01. The van der Waals surface area contributed by atoms with Crippen molar-refractivity contribution in [2.24, 2.45) is 0 Å². The molecule has 4 aromatic rings. The van der Waals surface area contributed by atoms with Crippen LogP contribution in [0.15, 0.2) is 77.6 Å². The van der Waals surface area contributed by atoms with Gasteiger partial charge in [0.05, 0.1) is 11.1 Å². The second kappa shape index (κ2) is 8.93. The number of ether oxygens (including phenoxy) is 1. The molecule has 1 amide bonds. The molecular weight excluding hydrogens is 442 g/mol. The van der Waals surface area contributed by atoms with E-state index in [0.29, 0.717) is 29.7 Å². The van der Waals surface area contributed by atoms with Crippen molar-refractivity contribution in [3.63, 3.8) is 0 Å². The van der Waals surface area contributed by atoms with Gasteiger partial charge in [-0.15, -0.1) is 0 Å². The quantitative estimate of drug-likeness (QED) is 0.443. The number of anilines is 2. The number of carbonyl (C=O) groups excluding carboxylic acids is 1. The van der Waals surface area contributed by atoms with Crippen molar-refractivity contribution in [2.45, 2.75) is 19.1 Å². The Kier molecular flexibility index (Phi) is 5.67. The summed E-state index contributed by atoms with van der Waals surface area (Å²) in [6.07, 6.45) is 0.562. The molecule has 0 aliphatic carbocycles. The van der Waals surface area contributed by atoms with Gasteiger partial charge in [-0.3, -0.25) is 9.59 Å². The van der Waals surface area contributed by atoms with Crippen molar-refractivity contribution < 1.29 is 18.3 Å². The molecule has 1 saturated heterocycles. The number of benzene rings is 3. The fourth-order valence-electron chi connectivity index (χ4n) is 4.17. The number of hydrogen-bond acceptors (Lipinski definition) is 5. The standard InChI is InChI=1S/C25H20F2N4O3/c26-25(27)34-18-5-3-4-16(14-18)28-21-12-13-31(24(21)33)17-10-8-15(9-11-17)22-19-6-1-2-7-20(19)23(32)30-29-22/h1-11,14,21,25,28H,12-13H2,(H,30,32). The van der Waals surface area contributed by atoms with E-state index in [2.05, 4.69) is 20.3 Å². The Bertz CT molecular complexity index is 1410. The van der Waals surface area contributed by atoms with Gasteiger partial charge in [-0.2, -0.15) is 13.9 Å². The highest BCUT2D eigenvalue weighted by Gasteiger charge is 2.32. The molecule has 0 radical (unpaired) electrons. The number of amides is 1. The van der Waals surface area contributed by atoms with Crippen LogP contribution >= 0.6 is 0 Å². The van der Waals surface area contributed by atoms with Gasteiger partial charge < -0.3 is 15.0 Å². The van der Waals surface area contributed by atoms with Crippen LogP contribution in [0.1, 0.15) is 6.42 Å². The molecule has 1 unspecified atom stereocenters. The van der Waals surface area contributed by atoms with Gasteiger partial charge in [0.15, 0.2) is 0 Å². The van der Waals surface area contributed by atoms with Gasteiger partial charge in [0.2, 0.25) is 5.91 Å². The lowest BCUT2D eigenvalue weighted by atomic mass is 10.0. The van der Waals surface area contributed by atoms with Crippen LogP contribution in [-0.2, 0) is 4.79 Å². The van der Waals surface area contributed by atoms with Crippen molar-refractivity contribution in [1.29, 1.82) is 0 Å². The summed E-state index contributed by atoms with van der Waals surface area (Å²) < 4.78 is 29.4. The van der Waals surface area contributed by atoms with Crippen molar-refractivity contribution in [3.05, 3.63) is 83.2 Å². The van der Waals surface area contributed by atoms with Crippen LogP contribution in [0.2, 0.25) is 0 Å². The Morgan fingerprint density at radius 3 is 2.53 bits per heavy atom. The maximum atomic E-state index is 13.0. The lowest BCUT2D eigenvalue weighted by Gasteiger charge is -2.18. The molecule has 5 rings (SSSR count). The molecule has 1 atom stereocenters. The fourth-order valence-corrected chi connectivity index (χ4v) is 4.17. The first-order valence-corrected chi connectivity index (χ1v) is 10.7. The van der Waals surface area contributed by atoms with Gasteiger partial charge in [-0.05, 0) is 36.8 Å². The molecule has 34 heavy (non-hydrogen) atoms. The van der Waals surface area contributed by atoms with Gasteiger partial charge in [0.25, 0.3) is 5.56 Å². The molecule has 9 heteroatoms. The van der Waals surface area contributed by atoms with Gasteiger partial charge in [0, 0.05) is 34.9 Å². The number of H-pyrrole nitrogens is 1. The smallest absolute Gasteiger partial charge is 0.387 e. The number of aromatic amines is 1. The number of carbonyl (C=O) groups is 1. The Morgan fingerprint density at radius 2 is 1.76 bits per heavy atom. The lowest BCUT2D eigenvalue weighted by molar-refractivity contribution is -0.117. The number of fused-ring (bicyclic) bond motifs is 1. The molecule has 172 valence electrons. The third-order valence-corrected chi connectivity index (χ3v) is 5.75. The normalized spacial score (nSPS) is 15.8. The summed E-state index contributed by atoms with van der Waals surface area (Å²) in [6.45, 7) is -2.39. The molecule has 0 bridgehead atoms. The Balaban J connectivity index is 1.33. The number of hydrogen-bond donors (Lipinski definition) is 2. The zero-order chi connectivity index (χ0) is 23.7. The maximum absolute atomic E-state index is 13.0. The second-order valence-electron chi connectivity index (χ2n) is 7.88. The largest absolute Gasteiger partial charge is 0.435 e. The summed E-state index contributed by atoms with van der Waals surface area (Å²) in [6, 6.07) is 20.3. The zero-order valence-corrected chi connectivity index (χ0v) is 17.9. The van der Waals surface area contributed by atoms with E-state index in [-0.39, 0.29) is 17.2 Å². The van der Waals surface area contributed by atoms with E-state index in [4.69, 9.17) is 0 Å². The molecule has 1 fully saturated rings. The molecule has 2 N–H and O–H groups in total. The van der Waals surface area contributed by atoms with E-state index in [1.54, 1.807) is 29.2 Å².